The third kappa shape index (κ3) is 5.74. The molecule has 1 aromatic heterocycles. The number of fused-ring (bicyclic) bond motifs is 2. The van der Waals surface area contributed by atoms with Crippen LogP contribution in [0, 0.1) is 17.2 Å². The van der Waals surface area contributed by atoms with E-state index in [2.05, 4.69) is 11.1 Å². The first-order chi connectivity index (χ1) is 16.9. The summed E-state index contributed by atoms with van der Waals surface area (Å²) in [6, 6.07) is 19.4. The minimum Gasteiger partial charge on any atom is -0.379 e. The third-order valence-electron chi connectivity index (χ3n) is 6.59. The first-order valence-corrected chi connectivity index (χ1v) is 13.0. The van der Waals surface area contributed by atoms with Crippen LogP contribution in [0.25, 0.3) is 21.7 Å². The molecule has 2 atom stereocenters. The number of aromatic amines is 1. The van der Waals surface area contributed by atoms with Gasteiger partial charge < -0.3 is 14.1 Å². The lowest BCUT2D eigenvalue weighted by molar-refractivity contribution is -0.134. The molecule has 10 heteroatoms. The van der Waals surface area contributed by atoms with Crippen molar-refractivity contribution >= 4 is 64.7 Å². The smallest absolute Gasteiger partial charge is 0.339 e. The number of nitriles is 1. The van der Waals surface area contributed by atoms with E-state index < -0.39 is 10.1 Å². The Hall–Kier alpha value is -3.13. The van der Waals surface area contributed by atoms with Gasteiger partial charge in [-0.2, -0.15) is 40.7 Å². The minimum absolute atomic E-state index is 0. The number of H-pyrrole nitrogens is 1. The highest BCUT2D eigenvalue weighted by Gasteiger charge is 2.31. The predicted molar refractivity (Wildman–Crippen MR) is 154 cm³/mol. The number of aromatic nitrogens is 1. The van der Waals surface area contributed by atoms with Crippen molar-refractivity contribution < 1.29 is 17.4 Å². The molecule has 1 saturated heterocycles. The predicted octanol–water partition coefficient (Wildman–Crippen LogP) is 5.01. The van der Waals surface area contributed by atoms with E-state index in [0.29, 0.717) is 19.4 Å². The fraction of sp³-hybridized carbons (Fsp3) is 0.259. The normalized spacial score (nSPS) is 16.0. The van der Waals surface area contributed by atoms with E-state index in [-0.39, 0.29) is 55.5 Å². The first-order valence-electron chi connectivity index (χ1n) is 11.6. The zero-order chi connectivity index (χ0) is 24.6. The SMILES string of the molecule is C[C@@H](Cc1c[nH]c2ccc(OS(=O)(=O)c3ccc4ccccc4c3)cc12)C(=O)N1CCC[C@H]1C#N.S.S. The second-order valence-corrected chi connectivity index (χ2v) is 10.5. The molecule has 0 spiro atoms. The van der Waals surface area contributed by atoms with Gasteiger partial charge in [0.25, 0.3) is 0 Å². The number of rotatable bonds is 6. The molecule has 1 fully saturated rings. The van der Waals surface area contributed by atoms with Crippen molar-refractivity contribution in [3.05, 3.63) is 72.4 Å². The monoisotopic (exact) mass is 555 g/mol. The van der Waals surface area contributed by atoms with Crippen LogP contribution in [-0.4, -0.2) is 36.8 Å². The van der Waals surface area contributed by atoms with Crippen molar-refractivity contribution in [2.24, 2.45) is 5.92 Å². The van der Waals surface area contributed by atoms with Crippen LogP contribution in [0.2, 0.25) is 0 Å². The summed E-state index contributed by atoms with van der Waals surface area (Å²) < 4.78 is 31.4. The van der Waals surface area contributed by atoms with E-state index in [9.17, 15) is 18.5 Å². The van der Waals surface area contributed by atoms with E-state index in [0.717, 1.165) is 33.7 Å². The summed E-state index contributed by atoms with van der Waals surface area (Å²) in [4.78, 5) is 17.9. The van der Waals surface area contributed by atoms with Crippen molar-refractivity contribution in [3.63, 3.8) is 0 Å². The fourth-order valence-electron chi connectivity index (χ4n) is 4.74. The first kappa shape index (κ1) is 28.4. The number of nitrogens with one attached hydrogen (secondary N) is 1. The van der Waals surface area contributed by atoms with E-state index >= 15 is 0 Å². The highest BCUT2D eigenvalue weighted by atomic mass is 32.2. The maximum atomic E-state index is 13.0. The number of amides is 1. The van der Waals surface area contributed by atoms with Crippen molar-refractivity contribution in [3.8, 4) is 11.8 Å². The Morgan fingerprint density at radius 1 is 1.14 bits per heavy atom. The molecule has 0 bridgehead atoms. The number of nitrogens with zero attached hydrogens (tertiary/aromatic N) is 2. The Kier molecular flexibility index (Phi) is 8.84. The molecule has 2 heterocycles. The summed E-state index contributed by atoms with van der Waals surface area (Å²) in [6.45, 7) is 2.47. The van der Waals surface area contributed by atoms with Gasteiger partial charge >= 0.3 is 10.1 Å². The van der Waals surface area contributed by atoms with Crippen molar-refractivity contribution in [1.82, 2.24) is 9.88 Å². The van der Waals surface area contributed by atoms with Gasteiger partial charge in [0.15, 0.2) is 0 Å². The van der Waals surface area contributed by atoms with Gasteiger partial charge in [0.05, 0.1) is 6.07 Å². The summed E-state index contributed by atoms with van der Waals surface area (Å²) in [7, 11) is -4.03. The van der Waals surface area contributed by atoms with Gasteiger partial charge in [0, 0.05) is 29.6 Å². The molecule has 3 aromatic carbocycles. The summed E-state index contributed by atoms with van der Waals surface area (Å²) in [5, 5.41) is 11.9. The van der Waals surface area contributed by atoms with Crippen LogP contribution >= 0.6 is 27.0 Å². The van der Waals surface area contributed by atoms with Crippen molar-refractivity contribution in [2.75, 3.05) is 6.54 Å². The zero-order valence-corrected chi connectivity index (χ0v) is 23.1. The van der Waals surface area contributed by atoms with Gasteiger partial charge in [-0.05, 0) is 65.9 Å². The van der Waals surface area contributed by atoms with Gasteiger partial charge in [-0.3, -0.25) is 4.79 Å². The maximum absolute atomic E-state index is 13.0. The number of benzene rings is 3. The zero-order valence-electron chi connectivity index (χ0n) is 20.3. The standard InChI is InChI=1S/C27H25N3O4S.2H2S/c1-18(27(31)30-12-4-7-22(30)16-28)13-21-17-29-26-11-9-23(15-25(21)26)34-35(32,33)24-10-8-19-5-2-3-6-20(19)14-24;;/h2-3,5-6,8-11,14-15,17-18,22,29H,4,7,12-13H2,1H3;2*1H2/t18-,22-;;/m0../s1. The molecular weight excluding hydrogens is 527 g/mol. The van der Waals surface area contributed by atoms with Crippen molar-refractivity contribution in [2.45, 2.75) is 37.1 Å². The molecule has 0 saturated carbocycles. The fourth-order valence-corrected chi connectivity index (χ4v) is 5.70. The van der Waals surface area contributed by atoms with Gasteiger partial charge in [-0.1, -0.05) is 37.3 Å². The molecular formula is C27H29N3O4S3. The van der Waals surface area contributed by atoms with Crippen LogP contribution in [0.1, 0.15) is 25.3 Å². The average molecular weight is 556 g/mol. The van der Waals surface area contributed by atoms with E-state index in [1.54, 1.807) is 35.2 Å². The Balaban J connectivity index is 0.00000190. The summed E-state index contributed by atoms with van der Waals surface area (Å²) >= 11 is 0. The Labute approximate surface area is 230 Å². The number of hydrogen-bond donors (Lipinski definition) is 1. The van der Waals surface area contributed by atoms with E-state index in [1.165, 1.54) is 6.07 Å². The van der Waals surface area contributed by atoms with Crippen LogP contribution in [0.5, 0.6) is 5.75 Å². The summed E-state index contributed by atoms with van der Waals surface area (Å²) in [6.07, 6.45) is 3.86. The maximum Gasteiger partial charge on any atom is 0.339 e. The molecule has 194 valence electrons. The largest absolute Gasteiger partial charge is 0.379 e. The molecule has 4 aromatic rings. The molecule has 1 N–H and O–H groups in total. The summed E-state index contributed by atoms with van der Waals surface area (Å²) in [5.41, 5.74) is 1.72. The second kappa shape index (κ2) is 11.5. The Morgan fingerprint density at radius 3 is 2.65 bits per heavy atom. The number of hydrogen-bond acceptors (Lipinski definition) is 5. The molecule has 5 rings (SSSR count). The van der Waals surface area contributed by atoms with Crippen LogP contribution in [0.3, 0.4) is 0 Å². The van der Waals surface area contributed by atoms with E-state index in [4.69, 9.17) is 4.18 Å². The number of carbonyl (C=O) groups excluding carboxylic acids is 1. The molecule has 1 amide bonds. The lowest BCUT2D eigenvalue weighted by atomic mass is 9.99. The average Bonchev–Trinajstić information content (AvgIpc) is 3.50. The molecule has 1 aliphatic rings. The Bertz CT molecular complexity index is 1580. The lowest BCUT2D eigenvalue weighted by Crippen LogP contribution is -2.38. The molecule has 7 nitrogen and oxygen atoms in total. The van der Waals surface area contributed by atoms with Crippen LogP contribution < -0.4 is 4.18 Å². The second-order valence-electron chi connectivity index (χ2n) is 8.99. The van der Waals surface area contributed by atoms with Gasteiger partial charge in [0.1, 0.15) is 16.7 Å². The highest BCUT2D eigenvalue weighted by molar-refractivity contribution is 7.87. The van der Waals surface area contributed by atoms with Gasteiger partial charge in [0.2, 0.25) is 5.91 Å². The van der Waals surface area contributed by atoms with Gasteiger partial charge in [-0.25, -0.2) is 0 Å². The molecule has 1 aliphatic heterocycles. The Morgan fingerprint density at radius 2 is 1.89 bits per heavy atom. The minimum atomic E-state index is -4.03. The molecule has 0 unspecified atom stereocenters. The third-order valence-corrected chi connectivity index (χ3v) is 7.83. The molecule has 0 radical (unpaired) electrons. The van der Waals surface area contributed by atoms with Crippen molar-refractivity contribution in [1.29, 1.82) is 5.26 Å². The van der Waals surface area contributed by atoms with Crippen LogP contribution in [0.15, 0.2) is 71.8 Å². The summed E-state index contributed by atoms with van der Waals surface area (Å²) in [5.74, 6) is -0.141. The topological polar surface area (TPSA) is 103 Å². The quantitative estimate of drug-likeness (QED) is 0.337. The highest BCUT2D eigenvalue weighted by Crippen LogP contribution is 2.29. The van der Waals surface area contributed by atoms with Crippen LogP contribution in [-0.2, 0) is 21.3 Å². The van der Waals surface area contributed by atoms with Crippen LogP contribution in [0.4, 0.5) is 0 Å². The van der Waals surface area contributed by atoms with Gasteiger partial charge in [-0.15, -0.1) is 0 Å². The molecule has 0 aliphatic carbocycles. The van der Waals surface area contributed by atoms with E-state index in [1.807, 2.05) is 37.4 Å². The molecule has 37 heavy (non-hydrogen) atoms. The number of carbonyl (C=O) groups is 1. The lowest BCUT2D eigenvalue weighted by Gasteiger charge is -2.23. The number of likely N-dealkylation sites (tertiary alicyclic amines) is 1.